The zero-order valence-corrected chi connectivity index (χ0v) is 10.0. The highest BCUT2D eigenvalue weighted by atomic mass is 79.9. The summed E-state index contributed by atoms with van der Waals surface area (Å²) in [4.78, 5) is 4.36. The van der Waals surface area contributed by atoms with Gasteiger partial charge in [-0.3, -0.25) is 0 Å². The number of hydrogen-bond donors (Lipinski definition) is 1. The predicted octanol–water partition coefficient (Wildman–Crippen LogP) is 1.52. The molecule has 2 aromatic rings. The highest BCUT2D eigenvalue weighted by Crippen LogP contribution is 2.23. The molecule has 2 rings (SSSR count). The predicted molar refractivity (Wildman–Crippen MR) is 59.8 cm³/mol. The summed E-state index contributed by atoms with van der Waals surface area (Å²) in [7, 11) is 1.57. The van der Waals surface area contributed by atoms with Crippen LogP contribution in [-0.2, 0) is 0 Å². The lowest BCUT2D eigenvalue weighted by atomic mass is 10.3. The summed E-state index contributed by atoms with van der Waals surface area (Å²) < 4.78 is 7.47. The Kier molecular flexibility index (Phi) is 2.62. The van der Waals surface area contributed by atoms with E-state index < -0.39 is 0 Å². The minimum atomic E-state index is -0.132. The number of ether oxygens (including phenoxy) is 1. The molecular weight excluding hydrogens is 260 g/mol. The van der Waals surface area contributed by atoms with E-state index in [-0.39, 0.29) is 6.04 Å². The number of nitrogens with two attached hydrogens (primary N) is 1. The van der Waals surface area contributed by atoms with Crippen molar-refractivity contribution in [3.05, 3.63) is 22.4 Å². The maximum Gasteiger partial charge on any atom is 0.231 e. The van der Waals surface area contributed by atoms with Gasteiger partial charge in [-0.05, 0) is 28.9 Å². The standard InChI is InChI=1S/C9H11BrN4O/c1-5(11)8-9(10)14-6(12-8)3-4-7(13-14)15-2/h3-5H,11H2,1-2H3. The highest BCUT2D eigenvalue weighted by molar-refractivity contribution is 9.10. The van der Waals surface area contributed by atoms with Gasteiger partial charge < -0.3 is 10.5 Å². The highest BCUT2D eigenvalue weighted by Gasteiger charge is 2.14. The maximum atomic E-state index is 5.78. The van der Waals surface area contributed by atoms with Crippen LogP contribution in [0.3, 0.4) is 0 Å². The van der Waals surface area contributed by atoms with Gasteiger partial charge in [0.2, 0.25) is 5.88 Å². The van der Waals surface area contributed by atoms with Crippen LogP contribution in [0.15, 0.2) is 16.7 Å². The van der Waals surface area contributed by atoms with Gasteiger partial charge >= 0.3 is 0 Å². The topological polar surface area (TPSA) is 65.4 Å². The molecule has 0 bridgehead atoms. The van der Waals surface area contributed by atoms with Crippen LogP contribution in [-0.4, -0.2) is 21.7 Å². The molecule has 1 atom stereocenters. The Balaban J connectivity index is 2.66. The van der Waals surface area contributed by atoms with Gasteiger partial charge in [-0.15, -0.1) is 5.10 Å². The third kappa shape index (κ3) is 1.70. The normalized spacial score (nSPS) is 13.1. The average molecular weight is 271 g/mol. The van der Waals surface area contributed by atoms with Crippen molar-refractivity contribution in [3.63, 3.8) is 0 Å². The van der Waals surface area contributed by atoms with Crippen LogP contribution < -0.4 is 10.5 Å². The fourth-order valence-electron chi connectivity index (χ4n) is 1.31. The summed E-state index contributed by atoms with van der Waals surface area (Å²) in [6, 6.07) is 3.47. The molecule has 0 aliphatic heterocycles. The SMILES string of the molecule is COc1ccc2nc(C(C)N)c(Br)n2n1. The van der Waals surface area contributed by atoms with E-state index >= 15 is 0 Å². The lowest BCUT2D eigenvalue weighted by Crippen LogP contribution is -2.06. The molecule has 5 nitrogen and oxygen atoms in total. The van der Waals surface area contributed by atoms with Crippen molar-refractivity contribution in [1.29, 1.82) is 0 Å². The van der Waals surface area contributed by atoms with Gasteiger partial charge in [0.25, 0.3) is 0 Å². The first-order valence-corrected chi connectivity index (χ1v) is 5.27. The molecule has 0 spiro atoms. The number of rotatable bonds is 2. The minimum absolute atomic E-state index is 0.132. The fourth-order valence-corrected chi connectivity index (χ4v) is 2.02. The van der Waals surface area contributed by atoms with Crippen LogP contribution in [0.1, 0.15) is 18.7 Å². The van der Waals surface area contributed by atoms with E-state index in [0.717, 1.165) is 15.9 Å². The van der Waals surface area contributed by atoms with Gasteiger partial charge in [0, 0.05) is 12.1 Å². The summed E-state index contributed by atoms with van der Waals surface area (Å²) >= 11 is 3.42. The Hall–Kier alpha value is -1.14. The van der Waals surface area contributed by atoms with Crippen LogP contribution in [0.25, 0.3) is 5.65 Å². The second-order valence-electron chi connectivity index (χ2n) is 3.22. The van der Waals surface area contributed by atoms with E-state index in [1.54, 1.807) is 17.7 Å². The van der Waals surface area contributed by atoms with Crippen molar-refractivity contribution >= 4 is 21.6 Å². The molecular formula is C9H11BrN4O. The number of methoxy groups -OCH3 is 1. The van der Waals surface area contributed by atoms with Crippen LogP contribution in [0, 0.1) is 0 Å². The summed E-state index contributed by atoms with van der Waals surface area (Å²) in [5.74, 6) is 0.539. The zero-order valence-electron chi connectivity index (χ0n) is 8.44. The third-order valence-corrected chi connectivity index (χ3v) is 2.81. The van der Waals surface area contributed by atoms with Gasteiger partial charge in [-0.1, -0.05) is 0 Å². The summed E-state index contributed by atoms with van der Waals surface area (Å²) in [6.45, 7) is 1.88. The molecule has 0 saturated carbocycles. The third-order valence-electron chi connectivity index (χ3n) is 2.06. The number of imidazole rings is 1. The van der Waals surface area contributed by atoms with Crippen molar-refractivity contribution < 1.29 is 4.74 Å². The Labute approximate surface area is 95.4 Å². The molecule has 2 N–H and O–H groups in total. The lowest BCUT2D eigenvalue weighted by molar-refractivity contribution is 0.389. The van der Waals surface area contributed by atoms with Crippen molar-refractivity contribution in [1.82, 2.24) is 14.6 Å². The van der Waals surface area contributed by atoms with Crippen LogP contribution in [0.5, 0.6) is 5.88 Å². The summed E-state index contributed by atoms with van der Waals surface area (Å²) in [5, 5.41) is 4.23. The van der Waals surface area contributed by atoms with Crippen molar-refractivity contribution in [3.8, 4) is 5.88 Å². The van der Waals surface area contributed by atoms with Crippen molar-refractivity contribution in [2.45, 2.75) is 13.0 Å². The Morgan fingerprint density at radius 3 is 2.87 bits per heavy atom. The molecule has 0 radical (unpaired) electrons. The number of hydrogen-bond acceptors (Lipinski definition) is 4. The number of fused-ring (bicyclic) bond motifs is 1. The fraction of sp³-hybridized carbons (Fsp3) is 0.333. The van der Waals surface area contributed by atoms with Gasteiger partial charge in [0.15, 0.2) is 5.65 Å². The van der Waals surface area contributed by atoms with Gasteiger partial charge in [0.05, 0.1) is 12.8 Å². The number of halogens is 1. The largest absolute Gasteiger partial charge is 0.480 e. The van der Waals surface area contributed by atoms with Crippen LogP contribution >= 0.6 is 15.9 Å². The molecule has 0 fully saturated rings. The number of nitrogens with zero attached hydrogens (tertiary/aromatic N) is 3. The monoisotopic (exact) mass is 270 g/mol. The molecule has 0 saturated heterocycles. The molecule has 15 heavy (non-hydrogen) atoms. The average Bonchev–Trinajstić information content (AvgIpc) is 2.56. The van der Waals surface area contributed by atoms with E-state index in [9.17, 15) is 0 Å². The lowest BCUT2D eigenvalue weighted by Gasteiger charge is -2.00. The molecule has 6 heteroatoms. The van der Waals surface area contributed by atoms with Crippen LogP contribution in [0.4, 0.5) is 0 Å². The van der Waals surface area contributed by atoms with E-state index in [0.29, 0.717) is 5.88 Å². The first-order chi connectivity index (χ1) is 7.13. The van der Waals surface area contributed by atoms with Crippen molar-refractivity contribution in [2.24, 2.45) is 5.73 Å². The molecule has 0 aromatic carbocycles. The molecule has 0 aliphatic carbocycles. The summed E-state index contributed by atoms with van der Waals surface area (Å²) in [5.41, 5.74) is 7.32. The van der Waals surface area contributed by atoms with Gasteiger partial charge in [0.1, 0.15) is 4.60 Å². The first-order valence-electron chi connectivity index (χ1n) is 4.48. The minimum Gasteiger partial charge on any atom is -0.480 e. The van der Waals surface area contributed by atoms with Crippen molar-refractivity contribution in [2.75, 3.05) is 7.11 Å². The van der Waals surface area contributed by atoms with Gasteiger partial charge in [-0.2, -0.15) is 0 Å². The quantitative estimate of drug-likeness (QED) is 0.899. The Morgan fingerprint density at radius 2 is 2.27 bits per heavy atom. The summed E-state index contributed by atoms with van der Waals surface area (Å²) in [6.07, 6.45) is 0. The second kappa shape index (κ2) is 3.79. The first kappa shape index (κ1) is 10.4. The van der Waals surface area contributed by atoms with Crippen LogP contribution in [0.2, 0.25) is 0 Å². The van der Waals surface area contributed by atoms with Gasteiger partial charge in [-0.25, -0.2) is 9.50 Å². The van der Waals surface area contributed by atoms with E-state index in [1.807, 2.05) is 13.0 Å². The van der Waals surface area contributed by atoms with E-state index in [1.165, 1.54) is 0 Å². The Morgan fingerprint density at radius 1 is 1.53 bits per heavy atom. The maximum absolute atomic E-state index is 5.78. The molecule has 0 aliphatic rings. The molecule has 80 valence electrons. The molecule has 2 aromatic heterocycles. The van der Waals surface area contributed by atoms with E-state index in [4.69, 9.17) is 10.5 Å². The molecule has 2 heterocycles. The molecule has 0 amide bonds. The molecule has 1 unspecified atom stereocenters. The zero-order chi connectivity index (χ0) is 11.0. The van der Waals surface area contributed by atoms with E-state index in [2.05, 4.69) is 26.0 Å². The smallest absolute Gasteiger partial charge is 0.231 e. The Bertz CT molecular complexity index is 494. The second-order valence-corrected chi connectivity index (χ2v) is 3.97. The number of aromatic nitrogens is 3.